The zero-order chi connectivity index (χ0) is 23.3. The molecule has 0 amide bonds. The predicted molar refractivity (Wildman–Crippen MR) is 109 cm³/mol. The minimum atomic E-state index is -2.16. The number of ketones is 1. The van der Waals surface area contributed by atoms with E-state index in [-0.39, 0.29) is 43.5 Å². The number of aliphatic hydroxyl groups is 1. The minimum Gasteiger partial charge on any atom is -0.479 e. The molecule has 1 unspecified atom stereocenters. The number of halogens is 2. The van der Waals surface area contributed by atoms with Crippen LogP contribution in [0, 0.1) is 22.7 Å². The highest BCUT2D eigenvalue weighted by Gasteiger charge is 2.80. The monoisotopic (exact) mass is 454 g/mol. The maximum absolute atomic E-state index is 17.1. The van der Waals surface area contributed by atoms with Crippen molar-refractivity contribution in [3.05, 3.63) is 11.6 Å². The van der Waals surface area contributed by atoms with Crippen molar-refractivity contribution >= 4 is 11.8 Å². The van der Waals surface area contributed by atoms with E-state index in [4.69, 9.17) is 9.47 Å². The first kappa shape index (κ1) is 22.4. The summed E-state index contributed by atoms with van der Waals surface area (Å²) in [6, 6.07) is 0. The van der Waals surface area contributed by atoms with Crippen LogP contribution in [0.3, 0.4) is 0 Å². The average Bonchev–Trinajstić information content (AvgIpc) is 3.19. The molecule has 0 spiro atoms. The van der Waals surface area contributed by atoms with Crippen molar-refractivity contribution in [2.45, 2.75) is 102 Å². The van der Waals surface area contributed by atoms with Gasteiger partial charge in [0.15, 0.2) is 17.7 Å². The topological polar surface area (TPSA) is 93.1 Å². The zero-order valence-electron chi connectivity index (χ0n) is 18.8. The Hall–Kier alpha value is -1.38. The van der Waals surface area contributed by atoms with Gasteiger partial charge < -0.3 is 19.7 Å². The van der Waals surface area contributed by atoms with Crippen molar-refractivity contribution in [1.29, 1.82) is 0 Å². The van der Waals surface area contributed by atoms with Gasteiger partial charge in [-0.1, -0.05) is 27.2 Å². The molecule has 2 N–H and O–H groups in total. The third kappa shape index (κ3) is 2.39. The summed E-state index contributed by atoms with van der Waals surface area (Å²) in [6.45, 7) is 5.30. The van der Waals surface area contributed by atoms with Crippen LogP contribution >= 0.6 is 0 Å². The number of hydrogen-bond acceptors (Lipinski definition) is 5. The van der Waals surface area contributed by atoms with Crippen molar-refractivity contribution in [3.63, 3.8) is 0 Å². The highest BCUT2D eigenvalue weighted by atomic mass is 19.1. The normalized spacial score (nSPS) is 54.3. The molecule has 1 saturated heterocycles. The Balaban J connectivity index is 1.61. The van der Waals surface area contributed by atoms with Crippen LogP contribution in [0.15, 0.2) is 11.6 Å². The van der Waals surface area contributed by atoms with E-state index >= 15 is 8.78 Å². The van der Waals surface area contributed by atoms with Crippen LogP contribution in [-0.2, 0) is 19.1 Å². The number of carboxylic acid groups (broad SMARTS) is 1. The highest BCUT2D eigenvalue weighted by molar-refractivity contribution is 5.92. The third-order valence-electron chi connectivity index (χ3n) is 9.66. The second kappa shape index (κ2) is 6.83. The largest absolute Gasteiger partial charge is 0.479 e. The van der Waals surface area contributed by atoms with E-state index in [1.165, 1.54) is 6.08 Å². The minimum absolute atomic E-state index is 0.104. The predicted octanol–water partition coefficient (Wildman–Crippen LogP) is 3.50. The van der Waals surface area contributed by atoms with Gasteiger partial charge in [0.05, 0.1) is 6.10 Å². The van der Waals surface area contributed by atoms with Gasteiger partial charge in [-0.3, -0.25) is 4.79 Å². The maximum Gasteiger partial charge on any atom is 0.339 e. The summed E-state index contributed by atoms with van der Waals surface area (Å²) >= 11 is 0. The van der Waals surface area contributed by atoms with Crippen LogP contribution in [0.2, 0.25) is 0 Å². The van der Waals surface area contributed by atoms with Gasteiger partial charge in [-0.05, 0) is 49.7 Å². The molecule has 0 bridgehead atoms. The van der Waals surface area contributed by atoms with Gasteiger partial charge in [0.1, 0.15) is 17.9 Å². The van der Waals surface area contributed by atoms with Gasteiger partial charge in [0, 0.05) is 23.2 Å². The summed E-state index contributed by atoms with van der Waals surface area (Å²) in [6.07, 6.45) is -1.77. The molecule has 178 valence electrons. The van der Waals surface area contributed by atoms with Gasteiger partial charge in [0.25, 0.3) is 0 Å². The molecule has 4 aliphatic carbocycles. The lowest BCUT2D eigenvalue weighted by Crippen LogP contribution is -2.71. The first-order valence-corrected chi connectivity index (χ1v) is 11.8. The molecule has 0 aromatic heterocycles. The lowest BCUT2D eigenvalue weighted by atomic mass is 9.43. The van der Waals surface area contributed by atoms with Gasteiger partial charge in [-0.15, -0.1) is 0 Å². The Kier molecular flexibility index (Phi) is 4.78. The van der Waals surface area contributed by atoms with Gasteiger partial charge in [0.2, 0.25) is 0 Å². The second-order valence-electron chi connectivity index (χ2n) is 11.0. The molecule has 5 rings (SSSR count). The molecular weight excluding hydrogens is 422 g/mol. The maximum atomic E-state index is 17.1. The summed E-state index contributed by atoms with van der Waals surface area (Å²) in [5, 5.41) is 21.6. The summed E-state index contributed by atoms with van der Waals surface area (Å²) in [7, 11) is 0. The Morgan fingerprint density at radius 2 is 2.00 bits per heavy atom. The van der Waals surface area contributed by atoms with Gasteiger partial charge >= 0.3 is 5.97 Å². The fourth-order valence-corrected chi connectivity index (χ4v) is 8.11. The first-order valence-electron chi connectivity index (χ1n) is 11.8. The number of alkyl halides is 2. The van der Waals surface area contributed by atoms with Crippen LogP contribution in [0.25, 0.3) is 0 Å². The van der Waals surface area contributed by atoms with Gasteiger partial charge in [-0.25, -0.2) is 13.6 Å². The molecule has 6 nitrogen and oxygen atoms in total. The van der Waals surface area contributed by atoms with E-state index in [9.17, 15) is 19.8 Å². The molecule has 4 fully saturated rings. The molecule has 1 aliphatic heterocycles. The number of carboxylic acids is 1. The molecule has 8 heteroatoms. The van der Waals surface area contributed by atoms with E-state index in [1.54, 1.807) is 13.8 Å². The molecular formula is C24H32F2O6. The van der Waals surface area contributed by atoms with Crippen molar-refractivity contribution < 1.29 is 38.1 Å². The fraction of sp³-hybridized carbons (Fsp3) is 0.833. The lowest BCUT2D eigenvalue weighted by molar-refractivity contribution is -0.246. The Morgan fingerprint density at radius 1 is 1.28 bits per heavy atom. The quantitative estimate of drug-likeness (QED) is 0.678. The van der Waals surface area contributed by atoms with Crippen LogP contribution in [0.4, 0.5) is 8.78 Å². The SMILES string of the molecule is CCCC1O[C@@H]2C[C@H]3[C@@H]4C[C@H](F)C5=CC(=O)CC[C@]5(C)[C@@]4(F)[C@@H](O)C[C@]3(C)[C@]2(C(=O)O)O1. The van der Waals surface area contributed by atoms with E-state index in [1.807, 2.05) is 6.92 Å². The van der Waals surface area contributed by atoms with E-state index in [0.717, 1.165) is 6.42 Å². The number of aliphatic hydroxyl groups excluding tert-OH is 1. The lowest BCUT2D eigenvalue weighted by Gasteiger charge is -2.63. The standard InChI is InChI=1S/C24H32F2O6/c1-4-5-19-31-18-10-13-14-9-16(25)15-8-12(27)6-7-21(15,2)23(14,26)17(28)11-22(13,3)24(18,32-19)20(29)30/h8,13-14,16-19,28H,4-7,9-11H2,1-3H3,(H,29,30)/t13-,14-,16-,17-,18+,19?,21-,22-,23-,24-/m0/s1. The molecule has 0 aromatic carbocycles. The van der Waals surface area contributed by atoms with Crippen LogP contribution in [-0.4, -0.2) is 57.9 Å². The average molecular weight is 455 g/mol. The van der Waals surface area contributed by atoms with Crippen molar-refractivity contribution in [2.75, 3.05) is 0 Å². The molecule has 5 aliphatic rings. The number of carbonyl (C=O) groups excluding carboxylic acids is 1. The number of allylic oxidation sites excluding steroid dienone is 1. The zero-order valence-corrected chi connectivity index (χ0v) is 18.8. The first-order chi connectivity index (χ1) is 15.0. The molecule has 3 saturated carbocycles. The molecule has 0 radical (unpaired) electrons. The Morgan fingerprint density at radius 3 is 2.66 bits per heavy atom. The summed E-state index contributed by atoms with van der Waals surface area (Å²) in [5.41, 5.74) is -6.16. The van der Waals surface area contributed by atoms with Crippen LogP contribution in [0.5, 0.6) is 0 Å². The summed E-state index contributed by atoms with van der Waals surface area (Å²) in [4.78, 5) is 24.6. The fourth-order valence-electron chi connectivity index (χ4n) is 8.11. The molecule has 1 heterocycles. The number of hydrogen-bond donors (Lipinski definition) is 2. The Bertz CT molecular complexity index is 892. The van der Waals surface area contributed by atoms with Crippen molar-refractivity contribution in [3.8, 4) is 0 Å². The number of aliphatic carboxylic acids is 1. The number of ether oxygens (including phenoxy) is 2. The van der Waals surface area contributed by atoms with E-state index in [2.05, 4.69) is 0 Å². The highest BCUT2D eigenvalue weighted by Crippen LogP contribution is 2.72. The molecule has 32 heavy (non-hydrogen) atoms. The third-order valence-corrected chi connectivity index (χ3v) is 9.66. The summed E-state index contributed by atoms with van der Waals surface area (Å²) < 4.78 is 44.7. The van der Waals surface area contributed by atoms with E-state index in [0.29, 0.717) is 6.42 Å². The summed E-state index contributed by atoms with van der Waals surface area (Å²) in [5.74, 6) is -2.83. The second-order valence-corrected chi connectivity index (χ2v) is 11.0. The smallest absolute Gasteiger partial charge is 0.339 e. The van der Waals surface area contributed by atoms with Crippen molar-refractivity contribution in [2.24, 2.45) is 22.7 Å². The van der Waals surface area contributed by atoms with Gasteiger partial charge in [-0.2, -0.15) is 0 Å². The Labute approximate surface area is 186 Å². The number of fused-ring (bicyclic) bond motifs is 7. The molecule has 0 aromatic rings. The van der Waals surface area contributed by atoms with Crippen molar-refractivity contribution in [1.82, 2.24) is 0 Å². The number of rotatable bonds is 3. The van der Waals surface area contributed by atoms with E-state index < -0.39 is 64.6 Å². The molecule has 10 atom stereocenters. The van der Waals surface area contributed by atoms with Crippen LogP contribution < -0.4 is 0 Å². The van der Waals surface area contributed by atoms with Crippen LogP contribution in [0.1, 0.15) is 65.7 Å². The number of carbonyl (C=O) groups is 2.